The van der Waals surface area contributed by atoms with Crippen LogP contribution in [0.2, 0.25) is 0 Å². The lowest BCUT2D eigenvalue weighted by atomic mass is 10.1. The molecule has 26 heavy (non-hydrogen) atoms. The van der Waals surface area contributed by atoms with Crippen LogP contribution in [0.4, 0.5) is 10.1 Å². The van der Waals surface area contributed by atoms with Gasteiger partial charge in [0, 0.05) is 12.7 Å². The van der Waals surface area contributed by atoms with Gasteiger partial charge >= 0.3 is 0 Å². The van der Waals surface area contributed by atoms with Crippen LogP contribution in [0, 0.1) is 11.7 Å². The predicted molar refractivity (Wildman–Crippen MR) is 96.6 cm³/mol. The van der Waals surface area contributed by atoms with Crippen LogP contribution < -0.4 is 10.1 Å². The molecule has 1 aliphatic rings. The Kier molecular flexibility index (Phi) is 5.00. The number of amides is 1. The summed E-state index contributed by atoms with van der Waals surface area (Å²) in [6, 6.07) is 11.6. The van der Waals surface area contributed by atoms with Crippen LogP contribution in [-0.4, -0.2) is 27.7 Å². The lowest BCUT2D eigenvalue weighted by Gasteiger charge is -2.10. The minimum Gasteiger partial charge on any atom is -0.497 e. The van der Waals surface area contributed by atoms with Crippen molar-refractivity contribution in [1.82, 2.24) is 0 Å². The molecule has 138 valence electrons. The Bertz CT molecular complexity index is 925. The first kappa shape index (κ1) is 18.4. The van der Waals surface area contributed by atoms with Crippen molar-refractivity contribution in [3.8, 4) is 5.75 Å². The molecular formula is C19H20FNO4S. The third-order valence-corrected chi connectivity index (χ3v) is 5.68. The van der Waals surface area contributed by atoms with E-state index in [2.05, 4.69) is 5.32 Å². The fourth-order valence-electron chi connectivity index (χ4n) is 3.16. The molecule has 1 saturated carbocycles. The lowest BCUT2D eigenvalue weighted by molar-refractivity contribution is -0.116. The number of ether oxygens (including phenoxy) is 1. The van der Waals surface area contributed by atoms with Gasteiger partial charge in [0.25, 0.3) is 0 Å². The first-order valence-electron chi connectivity index (χ1n) is 8.22. The summed E-state index contributed by atoms with van der Waals surface area (Å²) in [5.41, 5.74) is 1.13. The minimum absolute atomic E-state index is 0.0147. The molecule has 0 saturated heterocycles. The molecule has 0 aliphatic heterocycles. The van der Waals surface area contributed by atoms with E-state index in [4.69, 9.17) is 4.74 Å². The number of hydrogen-bond acceptors (Lipinski definition) is 4. The van der Waals surface area contributed by atoms with Crippen molar-refractivity contribution < 1.29 is 22.3 Å². The zero-order valence-electron chi connectivity index (χ0n) is 14.5. The number of carbonyl (C=O) groups is 1. The van der Waals surface area contributed by atoms with Crippen molar-refractivity contribution in [2.24, 2.45) is 5.92 Å². The normalized spacial score (nSPS) is 19.0. The summed E-state index contributed by atoms with van der Waals surface area (Å²) in [4.78, 5) is 11.8. The van der Waals surface area contributed by atoms with Gasteiger partial charge in [-0.25, -0.2) is 12.8 Å². The van der Waals surface area contributed by atoms with Crippen molar-refractivity contribution in [2.45, 2.75) is 23.7 Å². The minimum atomic E-state index is -3.78. The summed E-state index contributed by atoms with van der Waals surface area (Å²) in [6.45, 7) is 0. The van der Waals surface area contributed by atoms with E-state index in [0.29, 0.717) is 5.92 Å². The Labute approximate surface area is 152 Å². The van der Waals surface area contributed by atoms with Crippen molar-refractivity contribution in [3.05, 3.63) is 53.8 Å². The fraction of sp³-hybridized carbons (Fsp3) is 0.316. The molecule has 2 aromatic rings. The summed E-state index contributed by atoms with van der Waals surface area (Å²) in [5, 5.41) is 2.54. The molecular weight excluding hydrogens is 357 g/mol. The SMILES string of the molecule is COc1ccc([C@@H]2C[C@H]2CC(=O)Nc2cccc(F)c2S(C)(=O)=O)cc1. The number of sulfone groups is 1. The Morgan fingerprint density at radius 3 is 2.54 bits per heavy atom. The van der Waals surface area contributed by atoms with E-state index in [1.165, 1.54) is 12.1 Å². The molecule has 0 spiro atoms. The van der Waals surface area contributed by atoms with Crippen LogP contribution in [0.1, 0.15) is 24.3 Å². The number of benzene rings is 2. The molecule has 3 rings (SSSR count). The molecule has 2 aromatic carbocycles. The van der Waals surface area contributed by atoms with Crippen molar-refractivity contribution in [3.63, 3.8) is 0 Å². The van der Waals surface area contributed by atoms with E-state index < -0.39 is 20.5 Å². The highest BCUT2D eigenvalue weighted by Gasteiger charge is 2.39. The summed E-state index contributed by atoms with van der Waals surface area (Å²) in [6.07, 6.45) is 2.07. The molecule has 7 heteroatoms. The quantitative estimate of drug-likeness (QED) is 0.838. The number of nitrogens with one attached hydrogen (secondary N) is 1. The molecule has 0 aromatic heterocycles. The van der Waals surface area contributed by atoms with Crippen LogP contribution in [0.25, 0.3) is 0 Å². The van der Waals surface area contributed by atoms with E-state index in [1.54, 1.807) is 7.11 Å². The maximum Gasteiger partial charge on any atom is 0.224 e. The Morgan fingerprint density at radius 2 is 1.92 bits per heavy atom. The zero-order chi connectivity index (χ0) is 18.9. The van der Waals surface area contributed by atoms with Crippen molar-refractivity contribution in [1.29, 1.82) is 0 Å². The van der Waals surface area contributed by atoms with Gasteiger partial charge in [0.1, 0.15) is 16.5 Å². The largest absolute Gasteiger partial charge is 0.497 e. The van der Waals surface area contributed by atoms with Gasteiger partial charge < -0.3 is 10.1 Å². The average Bonchev–Trinajstić information content (AvgIpc) is 3.32. The first-order chi connectivity index (χ1) is 12.3. The van der Waals surface area contributed by atoms with Gasteiger partial charge in [0.15, 0.2) is 9.84 Å². The van der Waals surface area contributed by atoms with Gasteiger partial charge in [0.2, 0.25) is 5.91 Å². The Morgan fingerprint density at radius 1 is 1.23 bits per heavy atom. The molecule has 0 unspecified atom stereocenters. The molecule has 1 fully saturated rings. The number of halogens is 1. The molecule has 0 heterocycles. The standard InChI is InChI=1S/C19H20FNO4S/c1-25-14-8-6-12(7-9-14)15-10-13(15)11-18(22)21-17-5-3-4-16(20)19(17)26(2,23)24/h3-9,13,15H,10-11H2,1-2H3,(H,21,22)/t13-,15-/m0/s1. The molecule has 1 N–H and O–H groups in total. The number of anilines is 1. The number of methoxy groups -OCH3 is 1. The van der Waals surface area contributed by atoms with E-state index in [1.807, 2.05) is 24.3 Å². The lowest BCUT2D eigenvalue weighted by Crippen LogP contribution is -2.16. The summed E-state index contributed by atoms with van der Waals surface area (Å²) >= 11 is 0. The Hall–Kier alpha value is -2.41. The maximum absolute atomic E-state index is 13.9. The Balaban J connectivity index is 1.65. The summed E-state index contributed by atoms with van der Waals surface area (Å²) in [5.74, 6) is 0.0876. The second-order valence-electron chi connectivity index (χ2n) is 6.52. The average molecular weight is 377 g/mol. The monoisotopic (exact) mass is 377 g/mol. The molecule has 2 atom stereocenters. The number of carbonyl (C=O) groups excluding carboxylic acids is 1. The number of hydrogen-bond donors (Lipinski definition) is 1. The van der Waals surface area contributed by atoms with Gasteiger partial charge in [-0.05, 0) is 48.1 Å². The zero-order valence-corrected chi connectivity index (χ0v) is 15.3. The summed E-state index contributed by atoms with van der Waals surface area (Å²) in [7, 11) is -2.18. The van der Waals surface area contributed by atoms with Gasteiger partial charge in [0.05, 0.1) is 12.8 Å². The molecule has 0 radical (unpaired) electrons. The predicted octanol–water partition coefficient (Wildman–Crippen LogP) is 3.37. The maximum atomic E-state index is 13.9. The van der Waals surface area contributed by atoms with E-state index in [9.17, 15) is 17.6 Å². The van der Waals surface area contributed by atoms with E-state index in [0.717, 1.165) is 30.1 Å². The van der Waals surface area contributed by atoms with E-state index >= 15 is 0 Å². The topological polar surface area (TPSA) is 72.5 Å². The van der Waals surface area contributed by atoms with Crippen LogP contribution in [0.15, 0.2) is 47.4 Å². The van der Waals surface area contributed by atoms with Crippen LogP contribution in [0.3, 0.4) is 0 Å². The van der Waals surface area contributed by atoms with E-state index in [-0.39, 0.29) is 23.9 Å². The van der Waals surface area contributed by atoms with Crippen LogP contribution in [0.5, 0.6) is 5.75 Å². The highest BCUT2D eigenvalue weighted by Crippen LogP contribution is 2.49. The fourth-order valence-corrected chi connectivity index (χ4v) is 4.10. The van der Waals surface area contributed by atoms with Crippen LogP contribution in [-0.2, 0) is 14.6 Å². The highest BCUT2D eigenvalue weighted by molar-refractivity contribution is 7.90. The van der Waals surface area contributed by atoms with Crippen molar-refractivity contribution in [2.75, 3.05) is 18.7 Å². The van der Waals surface area contributed by atoms with Gasteiger partial charge in [-0.3, -0.25) is 4.79 Å². The third-order valence-electron chi connectivity index (χ3n) is 4.53. The van der Waals surface area contributed by atoms with Crippen molar-refractivity contribution >= 4 is 21.4 Å². The van der Waals surface area contributed by atoms with Gasteiger partial charge in [-0.15, -0.1) is 0 Å². The second-order valence-corrected chi connectivity index (χ2v) is 8.47. The first-order valence-corrected chi connectivity index (χ1v) is 10.1. The molecule has 0 bridgehead atoms. The summed E-state index contributed by atoms with van der Waals surface area (Å²) < 4.78 is 42.6. The highest BCUT2D eigenvalue weighted by atomic mass is 32.2. The molecule has 5 nitrogen and oxygen atoms in total. The molecule has 1 aliphatic carbocycles. The van der Waals surface area contributed by atoms with Gasteiger partial charge in [-0.2, -0.15) is 0 Å². The van der Waals surface area contributed by atoms with Gasteiger partial charge in [-0.1, -0.05) is 18.2 Å². The van der Waals surface area contributed by atoms with Crippen LogP contribution >= 0.6 is 0 Å². The number of rotatable bonds is 6. The third kappa shape index (κ3) is 4.04. The second kappa shape index (κ2) is 7.07. The molecule has 1 amide bonds. The smallest absolute Gasteiger partial charge is 0.224 e.